The van der Waals surface area contributed by atoms with Crippen molar-refractivity contribution in [3.8, 4) is 10.7 Å². The number of furan rings is 1. The second-order valence-corrected chi connectivity index (χ2v) is 5.58. The van der Waals surface area contributed by atoms with E-state index in [0.29, 0.717) is 0 Å². The van der Waals surface area contributed by atoms with E-state index in [0.717, 1.165) is 33.6 Å². The second kappa shape index (κ2) is 3.19. The van der Waals surface area contributed by atoms with E-state index < -0.39 is 0 Å². The molecule has 0 bridgehead atoms. The molecule has 5 heteroatoms. The van der Waals surface area contributed by atoms with Gasteiger partial charge < -0.3 is 4.42 Å². The minimum Gasteiger partial charge on any atom is -0.439 e. The van der Waals surface area contributed by atoms with Crippen LogP contribution in [0, 0.1) is 0 Å². The number of hydrogen-bond acceptors (Lipinski definition) is 4. The van der Waals surface area contributed by atoms with Crippen molar-refractivity contribution in [2.24, 2.45) is 0 Å². The third-order valence-electron chi connectivity index (χ3n) is 3.56. The fourth-order valence-corrected chi connectivity index (χ4v) is 3.90. The van der Waals surface area contributed by atoms with E-state index in [2.05, 4.69) is 20.6 Å². The molecule has 4 aromatic heterocycles. The molecular weight excluding hydrogens is 258 g/mol. The Bertz CT molecular complexity index is 954. The number of rotatable bonds is 0. The Balaban J connectivity index is 1.94. The molecule has 0 saturated carbocycles. The summed E-state index contributed by atoms with van der Waals surface area (Å²) in [4.78, 5) is 9.65. The lowest BCUT2D eigenvalue weighted by Crippen LogP contribution is -2.30. The topological polar surface area (TPSA) is 42.8 Å². The smallest absolute Gasteiger partial charge is 0.292 e. The summed E-state index contributed by atoms with van der Waals surface area (Å²) in [5.74, 6) is 0. The number of fused-ring (bicyclic) bond motifs is 7. The largest absolute Gasteiger partial charge is 0.439 e. The Hall–Kier alpha value is -2.27. The van der Waals surface area contributed by atoms with Crippen LogP contribution in [0.4, 0.5) is 0 Å². The van der Waals surface area contributed by atoms with Crippen LogP contribution in [0.25, 0.3) is 32.1 Å². The Morgan fingerprint density at radius 2 is 2.26 bits per heavy atom. The average Bonchev–Trinajstić information content (AvgIpc) is 3.05. The second-order valence-electron chi connectivity index (χ2n) is 4.61. The molecule has 0 amide bonds. The zero-order valence-electron chi connectivity index (χ0n) is 9.83. The molecule has 5 rings (SSSR count). The molecule has 90 valence electrons. The van der Waals surface area contributed by atoms with Gasteiger partial charge in [0.25, 0.3) is 15.4 Å². The van der Waals surface area contributed by atoms with Gasteiger partial charge in [-0.3, -0.25) is 4.98 Å². The fourth-order valence-electron chi connectivity index (χ4n) is 2.73. The SMILES string of the molecule is c1cnc2c(c1)C[n+]1c-2sc2oc3ccncc3c21. The van der Waals surface area contributed by atoms with Crippen LogP contribution in [0.1, 0.15) is 5.56 Å². The minimum absolute atomic E-state index is 0.863. The highest BCUT2D eigenvalue weighted by molar-refractivity contribution is 7.20. The molecule has 0 aliphatic carbocycles. The summed E-state index contributed by atoms with van der Waals surface area (Å²) in [6, 6.07) is 6.03. The zero-order chi connectivity index (χ0) is 12.4. The summed E-state index contributed by atoms with van der Waals surface area (Å²) < 4.78 is 8.18. The summed E-state index contributed by atoms with van der Waals surface area (Å²) >= 11 is 1.66. The highest BCUT2D eigenvalue weighted by Gasteiger charge is 2.35. The van der Waals surface area contributed by atoms with Crippen LogP contribution in [0.5, 0.6) is 0 Å². The van der Waals surface area contributed by atoms with Gasteiger partial charge in [-0.05, 0) is 23.5 Å². The van der Waals surface area contributed by atoms with Gasteiger partial charge in [0.05, 0.1) is 5.56 Å². The summed E-state index contributed by atoms with van der Waals surface area (Å²) in [7, 11) is 0. The molecule has 0 atom stereocenters. The maximum absolute atomic E-state index is 5.89. The third-order valence-corrected chi connectivity index (χ3v) is 4.63. The van der Waals surface area contributed by atoms with Crippen molar-refractivity contribution in [2.75, 3.05) is 0 Å². The molecule has 0 radical (unpaired) electrons. The van der Waals surface area contributed by atoms with Crippen LogP contribution < -0.4 is 4.57 Å². The van der Waals surface area contributed by atoms with Crippen molar-refractivity contribution in [2.45, 2.75) is 6.54 Å². The Morgan fingerprint density at radius 3 is 3.26 bits per heavy atom. The van der Waals surface area contributed by atoms with Crippen molar-refractivity contribution in [3.63, 3.8) is 0 Å². The molecule has 5 heterocycles. The van der Waals surface area contributed by atoms with E-state index in [1.54, 1.807) is 17.5 Å². The molecule has 1 aliphatic heterocycles. The lowest BCUT2D eigenvalue weighted by atomic mass is 10.2. The maximum atomic E-state index is 5.89. The van der Waals surface area contributed by atoms with Gasteiger partial charge >= 0.3 is 0 Å². The van der Waals surface area contributed by atoms with Gasteiger partial charge in [0.15, 0.2) is 12.2 Å². The van der Waals surface area contributed by atoms with Gasteiger partial charge in [-0.15, -0.1) is 0 Å². The third kappa shape index (κ3) is 1.11. The molecule has 4 nitrogen and oxygen atoms in total. The molecule has 19 heavy (non-hydrogen) atoms. The minimum atomic E-state index is 0.863. The Kier molecular flexibility index (Phi) is 1.62. The van der Waals surface area contributed by atoms with Gasteiger partial charge in [-0.25, -0.2) is 4.98 Å². The van der Waals surface area contributed by atoms with E-state index in [9.17, 15) is 0 Å². The molecule has 0 N–H and O–H groups in total. The van der Waals surface area contributed by atoms with Crippen LogP contribution >= 0.6 is 11.3 Å². The standard InChI is InChI=1S/C14H8N3OS/c1-2-8-7-17-12-9-6-15-5-3-10(9)18-14(12)19-13(17)11(8)16-4-1/h1-6H,7H2/q+1. The highest BCUT2D eigenvalue weighted by atomic mass is 32.1. The van der Waals surface area contributed by atoms with Crippen molar-refractivity contribution in [1.82, 2.24) is 9.97 Å². The Labute approximate surface area is 112 Å². The van der Waals surface area contributed by atoms with Gasteiger partial charge in [0.1, 0.15) is 11.0 Å². The van der Waals surface area contributed by atoms with E-state index in [1.807, 2.05) is 24.5 Å². The molecule has 0 aromatic carbocycles. The molecule has 4 aromatic rings. The van der Waals surface area contributed by atoms with Crippen LogP contribution in [-0.4, -0.2) is 9.97 Å². The molecule has 0 unspecified atom stereocenters. The first kappa shape index (κ1) is 9.63. The van der Waals surface area contributed by atoms with Crippen LogP contribution in [-0.2, 0) is 6.54 Å². The van der Waals surface area contributed by atoms with Crippen molar-refractivity contribution < 1.29 is 8.98 Å². The summed E-state index contributed by atoms with van der Waals surface area (Å²) in [6.07, 6.45) is 5.48. The lowest BCUT2D eigenvalue weighted by molar-refractivity contribution is -0.641. The number of thiazole rings is 1. The van der Waals surface area contributed by atoms with Gasteiger partial charge in [0, 0.05) is 24.7 Å². The normalized spacial score (nSPS) is 13.1. The summed E-state index contributed by atoms with van der Waals surface area (Å²) in [6.45, 7) is 0.863. The van der Waals surface area contributed by atoms with E-state index in [-0.39, 0.29) is 0 Å². The van der Waals surface area contributed by atoms with Crippen molar-refractivity contribution in [1.29, 1.82) is 0 Å². The van der Waals surface area contributed by atoms with E-state index in [1.165, 1.54) is 10.6 Å². The van der Waals surface area contributed by atoms with Crippen LogP contribution in [0.3, 0.4) is 0 Å². The predicted octanol–water partition coefficient (Wildman–Crippen LogP) is 2.75. The average molecular weight is 266 g/mol. The Morgan fingerprint density at radius 1 is 1.26 bits per heavy atom. The molecule has 0 fully saturated rings. The number of nitrogens with zero attached hydrogens (tertiary/aromatic N) is 3. The van der Waals surface area contributed by atoms with Gasteiger partial charge in [-0.2, -0.15) is 4.57 Å². The predicted molar refractivity (Wildman–Crippen MR) is 71.9 cm³/mol. The molecule has 1 aliphatic rings. The van der Waals surface area contributed by atoms with Crippen LogP contribution in [0.2, 0.25) is 0 Å². The fraction of sp³-hybridized carbons (Fsp3) is 0.0714. The highest BCUT2D eigenvalue weighted by Crippen LogP contribution is 2.38. The summed E-state index contributed by atoms with van der Waals surface area (Å²) in [5.41, 5.74) is 4.39. The molecular formula is C14H8N3OS+. The first-order valence-electron chi connectivity index (χ1n) is 6.05. The first-order chi connectivity index (χ1) is 9.42. The maximum Gasteiger partial charge on any atom is 0.292 e. The van der Waals surface area contributed by atoms with Gasteiger partial charge in [0.2, 0.25) is 0 Å². The van der Waals surface area contributed by atoms with E-state index in [4.69, 9.17) is 4.42 Å². The summed E-state index contributed by atoms with van der Waals surface area (Å²) in [5, 5.41) is 2.25. The quantitative estimate of drug-likeness (QED) is 0.405. The van der Waals surface area contributed by atoms with E-state index >= 15 is 0 Å². The molecule has 0 saturated heterocycles. The van der Waals surface area contributed by atoms with Crippen molar-refractivity contribution >= 4 is 32.7 Å². The number of hydrogen-bond donors (Lipinski definition) is 0. The number of pyridine rings is 2. The van der Waals surface area contributed by atoms with Crippen LogP contribution in [0.15, 0.2) is 41.2 Å². The number of aromatic nitrogens is 3. The lowest BCUT2D eigenvalue weighted by Gasteiger charge is -1.88. The first-order valence-corrected chi connectivity index (χ1v) is 6.86. The monoisotopic (exact) mass is 266 g/mol. The molecule has 0 spiro atoms. The zero-order valence-corrected chi connectivity index (χ0v) is 10.6. The van der Waals surface area contributed by atoms with Crippen molar-refractivity contribution in [3.05, 3.63) is 42.4 Å². The van der Waals surface area contributed by atoms with Gasteiger partial charge in [-0.1, -0.05) is 0 Å².